The van der Waals surface area contributed by atoms with Crippen LogP contribution in [0.2, 0.25) is 0 Å². The number of carbonyl (C=O) groups is 1. The zero-order valence-corrected chi connectivity index (χ0v) is 17.3. The molecule has 156 valence electrons. The van der Waals surface area contributed by atoms with Gasteiger partial charge in [0.15, 0.2) is 0 Å². The molecule has 8 heteroatoms. The molecule has 1 amide bonds. The van der Waals surface area contributed by atoms with Crippen LogP contribution in [0.25, 0.3) is 0 Å². The third-order valence-electron chi connectivity index (χ3n) is 5.23. The summed E-state index contributed by atoms with van der Waals surface area (Å²) in [5.41, 5.74) is 7.17. The maximum Gasteiger partial charge on any atom is 0.282 e. The van der Waals surface area contributed by atoms with E-state index in [4.69, 9.17) is 10.5 Å². The average Bonchev–Trinajstić information content (AvgIpc) is 2.74. The third-order valence-corrected chi connectivity index (χ3v) is 7.16. The Morgan fingerprint density at radius 2 is 1.59 bits per heavy atom. The fourth-order valence-electron chi connectivity index (χ4n) is 3.48. The van der Waals surface area contributed by atoms with Crippen molar-refractivity contribution in [1.82, 2.24) is 8.61 Å². The van der Waals surface area contributed by atoms with E-state index in [0.717, 1.165) is 16.9 Å². The normalized spacial score (nSPS) is 16.1. The molecule has 3 rings (SSSR count). The Balaban J connectivity index is 1.81. The topological polar surface area (TPSA) is 92.9 Å². The van der Waals surface area contributed by atoms with Crippen molar-refractivity contribution >= 4 is 16.1 Å². The molecule has 0 aliphatic carbocycles. The number of benzene rings is 2. The molecule has 2 N–H and O–H groups in total. The molecule has 0 unspecified atom stereocenters. The van der Waals surface area contributed by atoms with Crippen molar-refractivity contribution in [2.24, 2.45) is 11.7 Å². The van der Waals surface area contributed by atoms with Crippen LogP contribution in [0.4, 0.5) is 0 Å². The highest BCUT2D eigenvalue weighted by Gasteiger charge is 2.34. The fraction of sp³-hybridized carbons (Fsp3) is 0.381. The first-order valence-electron chi connectivity index (χ1n) is 9.61. The van der Waals surface area contributed by atoms with Crippen LogP contribution in [0.5, 0.6) is 5.75 Å². The van der Waals surface area contributed by atoms with Crippen LogP contribution in [0, 0.1) is 5.92 Å². The Hall–Kier alpha value is -2.42. The van der Waals surface area contributed by atoms with E-state index in [1.807, 2.05) is 54.6 Å². The summed E-state index contributed by atoms with van der Waals surface area (Å²) in [5.74, 6) is 0.103. The molecule has 1 saturated heterocycles. The lowest BCUT2D eigenvalue weighted by molar-refractivity contribution is -0.122. The highest BCUT2D eigenvalue weighted by Crippen LogP contribution is 2.24. The second kappa shape index (κ2) is 9.39. The molecule has 0 aromatic heterocycles. The summed E-state index contributed by atoms with van der Waals surface area (Å²) in [7, 11) is -2.11. The first-order chi connectivity index (χ1) is 13.9. The summed E-state index contributed by atoms with van der Waals surface area (Å²) in [6.45, 7) is 1.11. The number of carbonyl (C=O) groups excluding carboxylic acids is 1. The quantitative estimate of drug-likeness (QED) is 0.712. The molecule has 2 aromatic rings. The largest absolute Gasteiger partial charge is 0.497 e. The van der Waals surface area contributed by atoms with E-state index in [2.05, 4.69) is 0 Å². The number of piperidine rings is 1. The molecule has 0 bridgehead atoms. The number of primary amides is 1. The van der Waals surface area contributed by atoms with Gasteiger partial charge >= 0.3 is 0 Å². The van der Waals surface area contributed by atoms with E-state index in [-0.39, 0.29) is 24.9 Å². The first-order valence-corrected chi connectivity index (χ1v) is 11.0. The Morgan fingerprint density at radius 3 is 2.10 bits per heavy atom. The molecule has 7 nitrogen and oxygen atoms in total. The van der Waals surface area contributed by atoms with Gasteiger partial charge in [0, 0.05) is 32.1 Å². The molecular weight excluding hydrogens is 390 g/mol. The fourth-order valence-corrected chi connectivity index (χ4v) is 5.10. The minimum absolute atomic E-state index is 0.247. The Kier molecular flexibility index (Phi) is 6.89. The van der Waals surface area contributed by atoms with Gasteiger partial charge in [-0.05, 0) is 36.1 Å². The molecular formula is C21H27N3O4S. The highest BCUT2D eigenvalue weighted by molar-refractivity contribution is 7.86. The van der Waals surface area contributed by atoms with Crippen molar-refractivity contribution in [3.8, 4) is 5.75 Å². The van der Waals surface area contributed by atoms with Gasteiger partial charge in [-0.3, -0.25) is 4.79 Å². The predicted octanol–water partition coefficient (Wildman–Crippen LogP) is 2.14. The monoisotopic (exact) mass is 417 g/mol. The predicted molar refractivity (Wildman–Crippen MR) is 111 cm³/mol. The summed E-state index contributed by atoms with van der Waals surface area (Å²) in [5, 5.41) is 0. The molecule has 0 atom stereocenters. The van der Waals surface area contributed by atoms with E-state index < -0.39 is 10.2 Å². The number of methoxy groups -OCH3 is 1. The molecule has 1 aliphatic rings. The Bertz CT molecular complexity index is 909. The Morgan fingerprint density at radius 1 is 1.03 bits per heavy atom. The van der Waals surface area contributed by atoms with Crippen molar-refractivity contribution < 1.29 is 17.9 Å². The van der Waals surface area contributed by atoms with Crippen LogP contribution >= 0.6 is 0 Å². The summed E-state index contributed by atoms with van der Waals surface area (Å²) in [6, 6.07) is 16.9. The van der Waals surface area contributed by atoms with Gasteiger partial charge in [0.2, 0.25) is 5.91 Å². The van der Waals surface area contributed by atoms with Crippen molar-refractivity contribution in [3.63, 3.8) is 0 Å². The highest BCUT2D eigenvalue weighted by atomic mass is 32.2. The lowest BCUT2D eigenvalue weighted by Crippen LogP contribution is -2.48. The van der Waals surface area contributed by atoms with Crippen LogP contribution in [-0.4, -0.2) is 43.1 Å². The van der Waals surface area contributed by atoms with Gasteiger partial charge in [0.1, 0.15) is 5.75 Å². The maximum atomic E-state index is 13.4. The van der Waals surface area contributed by atoms with Gasteiger partial charge in [0.25, 0.3) is 10.2 Å². The lowest BCUT2D eigenvalue weighted by Gasteiger charge is -2.34. The molecule has 29 heavy (non-hydrogen) atoms. The second-order valence-corrected chi connectivity index (χ2v) is 9.11. The molecule has 2 aromatic carbocycles. The van der Waals surface area contributed by atoms with Crippen molar-refractivity contribution in [1.29, 1.82) is 0 Å². The number of hydrogen-bond acceptors (Lipinski definition) is 4. The van der Waals surface area contributed by atoms with Gasteiger partial charge in [-0.2, -0.15) is 17.0 Å². The van der Waals surface area contributed by atoms with Gasteiger partial charge in [-0.25, -0.2) is 0 Å². The van der Waals surface area contributed by atoms with E-state index in [1.54, 1.807) is 7.11 Å². The zero-order chi connectivity index (χ0) is 20.9. The number of ether oxygens (including phenoxy) is 1. The number of hydrogen-bond donors (Lipinski definition) is 1. The minimum Gasteiger partial charge on any atom is -0.497 e. The molecule has 0 spiro atoms. The van der Waals surface area contributed by atoms with E-state index >= 15 is 0 Å². The van der Waals surface area contributed by atoms with Crippen LogP contribution in [0.1, 0.15) is 24.0 Å². The summed E-state index contributed by atoms with van der Waals surface area (Å²) in [4.78, 5) is 11.4. The average molecular weight is 418 g/mol. The molecule has 0 radical (unpaired) electrons. The number of amides is 1. The van der Waals surface area contributed by atoms with Crippen molar-refractivity contribution in [2.45, 2.75) is 25.9 Å². The number of nitrogens with zero attached hydrogens (tertiary/aromatic N) is 2. The second-order valence-electron chi connectivity index (χ2n) is 7.19. The standard InChI is InChI=1S/C21H27N3O4S/c1-28-20-9-7-18(8-10-20)16-24(15-17-5-3-2-4-6-17)29(26,27)23-13-11-19(12-14-23)21(22)25/h2-10,19H,11-16H2,1H3,(H2,22,25). The van der Waals surface area contributed by atoms with Crippen LogP contribution in [-0.2, 0) is 28.1 Å². The maximum absolute atomic E-state index is 13.4. The van der Waals surface area contributed by atoms with Crippen LogP contribution in [0.3, 0.4) is 0 Å². The van der Waals surface area contributed by atoms with Gasteiger partial charge in [-0.1, -0.05) is 42.5 Å². The SMILES string of the molecule is COc1ccc(CN(Cc2ccccc2)S(=O)(=O)N2CCC(C(N)=O)CC2)cc1. The van der Waals surface area contributed by atoms with Gasteiger partial charge in [-0.15, -0.1) is 0 Å². The number of rotatable bonds is 8. The van der Waals surface area contributed by atoms with Crippen molar-refractivity contribution in [2.75, 3.05) is 20.2 Å². The Labute approximate surface area is 172 Å². The van der Waals surface area contributed by atoms with E-state index in [1.165, 1.54) is 8.61 Å². The minimum atomic E-state index is -3.70. The molecule has 1 aliphatic heterocycles. The smallest absolute Gasteiger partial charge is 0.282 e. The number of nitrogens with two attached hydrogens (primary N) is 1. The van der Waals surface area contributed by atoms with Crippen molar-refractivity contribution in [3.05, 3.63) is 65.7 Å². The first kappa shape index (κ1) is 21.3. The molecule has 0 saturated carbocycles. The third kappa shape index (κ3) is 5.35. The van der Waals surface area contributed by atoms with Crippen LogP contribution in [0.15, 0.2) is 54.6 Å². The van der Waals surface area contributed by atoms with E-state index in [0.29, 0.717) is 25.9 Å². The van der Waals surface area contributed by atoms with E-state index in [9.17, 15) is 13.2 Å². The van der Waals surface area contributed by atoms with Crippen LogP contribution < -0.4 is 10.5 Å². The summed E-state index contributed by atoms with van der Waals surface area (Å²) < 4.78 is 34.9. The summed E-state index contributed by atoms with van der Waals surface area (Å²) >= 11 is 0. The van der Waals surface area contributed by atoms with Gasteiger partial charge in [0.05, 0.1) is 7.11 Å². The molecule has 1 heterocycles. The zero-order valence-electron chi connectivity index (χ0n) is 16.5. The molecule has 1 fully saturated rings. The lowest BCUT2D eigenvalue weighted by atomic mass is 9.98. The summed E-state index contributed by atoms with van der Waals surface area (Å²) in [6.07, 6.45) is 0.909. The van der Waals surface area contributed by atoms with Gasteiger partial charge < -0.3 is 10.5 Å².